The van der Waals surface area contributed by atoms with Crippen LogP contribution in [0.5, 0.6) is 0 Å². The first-order valence-corrected chi connectivity index (χ1v) is 7.75. The van der Waals surface area contributed by atoms with Crippen LogP contribution in [0.2, 0.25) is 0 Å². The molecule has 6 nitrogen and oxygen atoms in total. The maximum Gasteiger partial charge on any atom is 0.258 e. The van der Waals surface area contributed by atoms with Gasteiger partial charge < -0.3 is 10.2 Å². The van der Waals surface area contributed by atoms with Gasteiger partial charge in [-0.2, -0.15) is 5.10 Å². The molecule has 0 aromatic carbocycles. The molecule has 0 aliphatic carbocycles. The molecule has 1 N–H and O–H groups in total. The van der Waals surface area contributed by atoms with Crippen LogP contribution in [0.4, 0.5) is 5.82 Å². The normalized spacial score (nSPS) is 16.6. The van der Waals surface area contributed by atoms with Gasteiger partial charge in [0.05, 0.1) is 17.8 Å². The monoisotopic (exact) mass is 299 g/mol. The molecule has 0 unspecified atom stereocenters. The zero-order valence-corrected chi connectivity index (χ0v) is 12.8. The Morgan fingerprint density at radius 3 is 2.82 bits per heavy atom. The molecule has 2 aromatic heterocycles. The van der Waals surface area contributed by atoms with Gasteiger partial charge in [0.25, 0.3) is 5.91 Å². The second-order valence-electron chi connectivity index (χ2n) is 5.52. The topological polar surface area (TPSA) is 63.1 Å². The molecule has 1 saturated heterocycles. The van der Waals surface area contributed by atoms with Crippen molar-refractivity contribution < 1.29 is 4.79 Å². The molecule has 1 aliphatic rings. The van der Waals surface area contributed by atoms with Crippen molar-refractivity contribution in [2.75, 3.05) is 25.0 Å². The number of piperidine rings is 1. The molecule has 2 aromatic rings. The Kier molecular flexibility index (Phi) is 4.48. The van der Waals surface area contributed by atoms with Crippen molar-refractivity contribution in [1.82, 2.24) is 19.7 Å². The third-order valence-corrected chi connectivity index (χ3v) is 4.19. The van der Waals surface area contributed by atoms with Crippen molar-refractivity contribution in [1.29, 1.82) is 0 Å². The maximum atomic E-state index is 12.2. The molecule has 0 bridgehead atoms. The van der Waals surface area contributed by atoms with E-state index in [1.54, 1.807) is 30.7 Å². The highest BCUT2D eigenvalue weighted by atomic mass is 16.1. The van der Waals surface area contributed by atoms with Gasteiger partial charge in [0.1, 0.15) is 5.82 Å². The van der Waals surface area contributed by atoms with Crippen LogP contribution in [0.1, 0.15) is 36.2 Å². The van der Waals surface area contributed by atoms with Crippen molar-refractivity contribution in [2.24, 2.45) is 0 Å². The average molecular weight is 299 g/mol. The predicted octanol–water partition coefficient (Wildman–Crippen LogP) is 2.19. The van der Waals surface area contributed by atoms with Crippen molar-refractivity contribution in [3.8, 4) is 0 Å². The standard InChI is InChI=1S/C16H21N5O/c1-2-20-10-6-14(7-11-20)21-15(5-9-18-21)19-16(22)13-4-3-8-17-12-13/h3-5,8-9,12,14H,2,6-7,10-11H2,1H3,(H,19,22). The fourth-order valence-corrected chi connectivity index (χ4v) is 2.87. The van der Waals surface area contributed by atoms with E-state index in [0.717, 1.165) is 38.3 Å². The molecule has 116 valence electrons. The van der Waals surface area contributed by atoms with Gasteiger partial charge >= 0.3 is 0 Å². The third kappa shape index (κ3) is 3.17. The number of rotatable bonds is 4. The van der Waals surface area contributed by atoms with Crippen LogP contribution in [0.3, 0.4) is 0 Å². The van der Waals surface area contributed by atoms with E-state index in [2.05, 4.69) is 27.2 Å². The van der Waals surface area contributed by atoms with Crippen LogP contribution in [0, 0.1) is 0 Å². The summed E-state index contributed by atoms with van der Waals surface area (Å²) >= 11 is 0. The van der Waals surface area contributed by atoms with Gasteiger partial charge in [-0.1, -0.05) is 6.92 Å². The number of amides is 1. The summed E-state index contributed by atoms with van der Waals surface area (Å²) in [5.41, 5.74) is 0.552. The SMILES string of the molecule is CCN1CCC(n2nccc2NC(=O)c2cccnc2)CC1. The molecule has 1 amide bonds. The van der Waals surface area contributed by atoms with Gasteiger partial charge in [0, 0.05) is 31.5 Å². The fraction of sp³-hybridized carbons (Fsp3) is 0.438. The predicted molar refractivity (Wildman–Crippen MR) is 84.8 cm³/mol. The lowest BCUT2D eigenvalue weighted by Gasteiger charge is -2.31. The number of nitrogens with zero attached hydrogens (tertiary/aromatic N) is 4. The van der Waals surface area contributed by atoms with Gasteiger partial charge in [0.2, 0.25) is 0 Å². The van der Waals surface area contributed by atoms with Crippen LogP contribution >= 0.6 is 0 Å². The summed E-state index contributed by atoms with van der Waals surface area (Å²) in [6, 6.07) is 5.71. The first kappa shape index (κ1) is 14.7. The summed E-state index contributed by atoms with van der Waals surface area (Å²) in [6.45, 7) is 5.44. The van der Waals surface area contributed by atoms with E-state index in [-0.39, 0.29) is 5.91 Å². The summed E-state index contributed by atoms with van der Waals surface area (Å²) in [4.78, 5) is 18.7. The smallest absolute Gasteiger partial charge is 0.258 e. The van der Waals surface area contributed by atoms with Gasteiger partial charge in [-0.25, -0.2) is 4.68 Å². The van der Waals surface area contributed by atoms with Crippen molar-refractivity contribution in [3.63, 3.8) is 0 Å². The minimum atomic E-state index is -0.152. The first-order valence-electron chi connectivity index (χ1n) is 7.75. The van der Waals surface area contributed by atoms with Crippen molar-refractivity contribution in [3.05, 3.63) is 42.4 Å². The van der Waals surface area contributed by atoms with E-state index < -0.39 is 0 Å². The quantitative estimate of drug-likeness (QED) is 0.940. The Hall–Kier alpha value is -2.21. The van der Waals surface area contributed by atoms with E-state index in [9.17, 15) is 4.79 Å². The van der Waals surface area contributed by atoms with E-state index in [4.69, 9.17) is 0 Å². The second-order valence-corrected chi connectivity index (χ2v) is 5.52. The molecular formula is C16H21N5O. The molecule has 3 heterocycles. The van der Waals surface area contributed by atoms with Gasteiger partial charge in [-0.15, -0.1) is 0 Å². The van der Waals surface area contributed by atoms with Crippen LogP contribution in [-0.2, 0) is 0 Å². The van der Waals surface area contributed by atoms with Crippen LogP contribution in [-0.4, -0.2) is 45.2 Å². The third-order valence-electron chi connectivity index (χ3n) is 4.19. The zero-order valence-electron chi connectivity index (χ0n) is 12.8. The van der Waals surface area contributed by atoms with E-state index in [1.165, 1.54) is 0 Å². The summed E-state index contributed by atoms with van der Waals surface area (Å²) in [7, 11) is 0. The first-order chi connectivity index (χ1) is 10.8. The van der Waals surface area contributed by atoms with Gasteiger partial charge in [0.15, 0.2) is 0 Å². The van der Waals surface area contributed by atoms with Gasteiger partial charge in [-0.3, -0.25) is 9.78 Å². The van der Waals surface area contributed by atoms with Crippen LogP contribution in [0.15, 0.2) is 36.8 Å². The molecule has 1 fully saturated rings. The van der Waals surface area contributed by atoms with Gasteiger partial charge in [-0.05, 0) is 31.5 Å². The Balaban J connectivity index is 1.69. The Morgan fingerprint density at radius 2 is 2.14 bits per heavy atom. The lowest BCUT2D eigenvalue weighted by Crippen LogP contribution is -2.35. The zero-order chi connectivity index (χ0) is 15.4. The molecule has 0 atom stereocenters. The highest BCUT2D eigenvalue weighted by molar-refractivity contribution is 6.03. The number of nitrogens with one attached hydrogen (secondary N) is 1. The number of pyridine rings is 1. The Bertz CT molecular complexity index is 616. The number of hydrogen-bond donors (Lipinski definition) is 1. The second kappa shape index (κ2) is 6.70. The van der Waals surface area contributed by atoms with E-state index in [1.807, 2.05) is 10.7 Å². The van der Waals surface area contributed by atoms with Crippen molar-refractivity contribution >= 4 is 11.7 Å². The summed E-state index contributed by atoms with van der Waals surface area (Å²) < 4.78 is 1.95. The minimum absolute atomic E-state index is 0.152. The molecule has 3 rings (SSSR count). The molecule has 0 saturated carbocycles. The molecule has 0 radical (unpaired) electrons. The number of hydrogen-bond acceptors (Lipinski definition) is 4. The number of anilines is 1. The summed E-state index contributed by atoms with van der Waals surface area (Å²) in [5.74, 6) is 0.602. The Morgan fingerprint density at radius 1 is 1.32 bits per heavy atom. The van der Waals surface area contributed by atoms with Crippen LogP contribution in [0.25, 0.3) is 0 Å². The maximum absolute atomic E-state index is 12.2. The summed E-state index contributed by atoms with van der Waals surface area (Å²) in [6.07, 6.45) is 7.08. The van der Waals surface area contributed by atoms with Crippen LogP contribution < -0.4 is 5.32 Å². The lowest BCUT2D eigenvalue weighted by atomic mass is 10.1. The number of aromatic nitrogens is 3. The lowest BCUT2D eigenvalue weighted by molar-refractivity contribution is 0.102. The van der Waals surface area contributed by atoms with E-state index in [0.29, 0.717) is 11.6 Å². The largest absolute Gasteiger partial charge is 0.307 e. The number of carbonyl (C=O) groups is 1. The Labute approximate surface area is 130 Å². The molecular weight excluding hydrogens is 278 g/mol. The van der Waals surface area contributed by atoms with Crippen molar-refractivity contribution in [2.45, 2.75) is 25.8 Å². The summed E-state index contributed by atoms with van der Waals surface area (Å²) in [5, 5.41) is 7.34. The fourth-order valence-electron chi connectivity index (χ4n) is 2.87. The molecule has 6 heteroatoms. The number of likely N-dealkylation sites (tertiary alicyclic amines) is 1. The number of carbonyl (C=O) groups excluding carboxylic acids is 1. The average Bonchev–Trinajstić information content (AvgIpc) is 3.04. The molecule has 0 spiro atoms. The van der Waals surface area contributed by atoms with E-state index >= 15 is 0 Å². The highest BCUT2D eigenvalue weighted by Gasteiger charge is 2.22. The molecule has 1 aliphatic heterocycles. The highest BCUT2D eigenvalue weighted by Crippen LogP contribution is 2.25. The minimum Gasteiger partial charge on any atom is -0.307 e. The molecule has 22 heavy (non-hydrogen) atoms.